The lowest BCUT2D eigenvalue weighted by Crippen LogP contribution is -2.20. The van der Waals surface area contributed by atoms with Crippen LogP contribution >= 0.6 is 0 Å². The number of hydrogen-bond acceptors (Lipinski definition) is 6. The Kier molecular flexibility index (Phi) is 2.83. The minimum atomic E-state index is 0.172. The molecule has 1 saturated heterocycles. The van der Waals surface area contributed by atoms with Crippen molar-refractivity contribution in [1.29, 1.82) is 0 Å². The van der Waals surface area contributed by atoms with Gasteiger partial charge in [-0.2, -0.15) is 20.4 Å². The van der Waals surface area contributed by atoms with Gasteiger partial charge < -0.3 is 9.84 Å². The van der Waals surface area contributed by atoms with E-state index >= 15 is 0 Å². The molecule has 0 radical (unpaired) electrons. The van der Waals surface area contributed by atoms with Gasteiger partial charge in [0, 0.05) is 0 Å². The van der Waals surface area contributed by atoms with Crippen molar-refractivity contribution < 1.29 is 4.52 Å². The van der Waals surface area contributed by atoms with Crippen LogP contribution in [-0.2, 0) is 0 Å². The average Bonchev–Trinajstić information content (AvgIpc) is 2.95. The predicted octanol–water partition coefficient (Wildman–Crippen LogP) is 1.06. The number of nitrogens with zero attached hydrogens (tertiary/aromatic N) is 4. The monoisotopic (exact) mass is 234 g/mol. The van der Waals surface area contributed by atoms with E-state index in [2.05, 4.69) is 30.9 Å². The molecule has 2 aromatic rings. The van der Waals surface area contributed by atoms with Gasteiger partial charge in [0.15, 0.2) is 5.69 Å². The number of rotatable bonds is 2. The average molecular weight is 234 g/mol. The van der Waals surface area contributed by atoms with Gasteiger partial charge in [0.1, 0.15) is 0 Å². The summed E-state index contributed by atoms with van der Waals surface area (Å²) in [5.74, 6) is 1.13. The van der Waals surface area contributed by atoms with Gasteiger partial charge in [-0.15, -0.1) is 0 Å². The highest BCUT2D eigenvalue weighted by Gasteiger charge is 2.21. The zero-order valence-corrected chi connectivity index (χ0v) is 9.39. The lowest BCUT2D eigenvalue weighted by Gasteiger charge is -2.09. The fraction of sp³-hybridized carbons (Fsp3) is 0.600. The normalized spacial score (nSPS) is 21.3. The standard InChI is InChI=1S/C10H14N6O/c1-2-4-7(11-5-3-1)10-13-9(15-17-10)8-6-12-16-14-8/h6-7,11H,1-5H2,(H,12,14,16). The van der Waals surface area contributed by atoms with Crippen molar-refractivity contribution in [2.24, 2.45) is 0 Å². The highest BCUT2D eigenvalue weighted by molar-refractivity contribution is 5.44. The zero-order valence-electron chi connectivity index (χ0n) is 9.39. The van der Waals surface area contributed by atoms with E-state index in [0.29, 0.717) is 17.4 Å². The summed E-state index contributed by atoms with van der Waals surface area (Å²) < 4.78 is 5.28. The lowest BCUT2D eigenvalue weighted by molar-refractivity contribution is 0.327. The molecular formula is C10H14N6O. The summed E-state index contributed by atoms with van der Waals surface area (Å²) in [6.07, 6.45) is 6.28. The van der Waals surface area contributed by atoms with Crippen LogP contribution in [0.1, 0.15) is 37.6 Å². The molecule has 7 heteroatoms. The third-order valence-electron chi connectivity index (χ3n) is 2.94. The minimum absolute atomic E-state index is 0.172. The molecule has 0 aromatic carbocycles. The fourth-order valence-electron chi connectivity index (χ4n) is 2.03. The maximum Gasteiger partial charge on any atom is 0.244 e. The van der Waals surface area contributed by atoms with E-state index in [1.54, 1.807) is 6.20 Å². The van der Waals surface area contributed by atoms with Crippen LogP contribution in [0.5, 0.6) is 0 Å². The summed E-state index contributed by atoms with van der Waals surface area (Å²) in [7, 11) is 0. The maximum atomic E-state index is 5.28. The number of aromatic nitrogens is 5. The van der Waals surface area contributed by atoms with Crippen molar-refractivity contribution in [3.63, 3.8) is 0 Å². The molecule has 0 amide bonds. The van der Waals surface area contributed by atoms with Gasteiger partial charge in [0.25, 0.3) is 0 Å². The van der Waals surface area contributed by atoms with E-state index in [-0.39, 0.29) is 6.04 Å². The molecule has 1 fully saturated rings. The molecular weight excluding hydrogens is 220 g/mol. The van der Waals surface area contributed by atoms with E-state index in [1.807, 2.05) is 0 Å². The highest BCUT2D eigenvalue weighted by Crippen LogP contribution is 2.22. The Bertz CT molecular complexity index is 457. The number of hydrogen-bond donors (Lipinski definition) is 2. The second-order valence-corrected chi connectivity index (χ2v) is 4.17. The van der Waals surface area contributed by atoms with Crippen LogP contribution in [0.2, 0.25) is 0 Å². The molecule has 90 valence electrons. The third kappa shape index (κ3) is 2.19. The van der Waals surface area contributed by atoms with Crippen molar-refractivity contribution in [1.82, 2.24) is 30.9 Å². The SMILES string of the molecule is c1n[nH]nc1-c1noc(C2CCCCCN2)n1. The first-order valence-corrected chi connectivity index (χ1v) is 5.86. The number of nitrogens with one attached hydrogen (secondary N) is 2. The van der Waals surface area contributed by atoms with Crippen molar-refractivity contribution in [2.45, 2.75) is 31.7 Å². The van der Waals surface area contributed by atoms with E-state index in [4.69, 9.17) is 4.52 Å². The van der Waals surface area contributed by atoms with Gasteiger partial charge in [-0.25, -0.2) is 0 Å². The Labute approximate surface area is 98.0 Å². The van der Waals surface area contributed by atoms with Gasteiger partial charge in [0.05, 0.1) is 12.2 Å². The lowest BCUT2D eigenvalue weighted by atomic mass is 10.1. The van der Waals surface area contributed by atoms with E-state index in [1.165, 1.54) is 19.3 Å². The quantitative estimate of drug-likeness (QED) is 0.807. The molecule has 0 saturated carbocycles. The molecule has 1 aliphatic heterocycles. The van der Waals surface area contributed by atoms with Crippen LogP contribution in [0.15, 0.2) is 10.7 Å². The van der Waals surface area contributed by atoms with Gasteiger partial charge in [-0.05, 0) is 19.4 Å². The first-order valence-electron chi connectivity index (χ1n) is 5.86. The molecule has 1 atom stereocenters. The van der Waals surface area contributed by atoms with Gasteiger partial charge in [0.2, 0.25) is 11.7 Å². The molecule has 1 aliphatic rings. The molecule has 0 bridgehead atoms. The van der Waals surface area contributed by atoms with Crippen LogP contribution in [0.3, 0.4) is 0 Å². The molecule has 2 N–H and O–H groups in total. The highest BCUT2D eigenvalue weighted by atomic mass is 16.5. The molecule has 17 heavy (non-hydrogen) atoms. The van der Waals surface area contributed by atoms with Crippen molar-refractivity contribution in [2.75, 3.05) is 6.54 Å². The van der Waals surface area contributed by atoms with E-state index in [9.17, 15) is 0 Å². The van der Waals surface area contributed by atoms with Crippen LogP contribution in [0.25, 0.3) is 11.5 Å². The smallest absolute Gasteiger partial charge is 0.244 e. The van der Waals surface area contributed by atoms with Crippen LogP contribution in [0, 0.1) is 0 Å². The topological polar surface area (TPSA) is 92.5 Å². The minimum Gasteiger partial charge on any atom is -0.337 e. The van der Waals surface area contributed by atoms with Crippen LogP contribution in [0.4, 0.5) is 0 Å². The Balaban J connectivity index is 1.79. The molecule has 1 unspecified atom stereocenters. The Morgan fingerprint density at radius 3 is 3.18 bits per heavy atom. The summed E-state index contributed by atoms with van der Waals surface area (Å²) in [6.45, 7) is 1.01. The molecule has 2 aromatic heterocycles. The fourth-order valence-corrected chi connectivity index (χ4v) is 2.03. The molecule has 7 nitrogen and oxygen atoms in total. The number of H-pyrrole nitrogens is 1. The summed E-state index contributed by atoms with van der Waals surface area (Å²) in [5.41, 5.74) is 0.605. The molecule has 3 rings (SSSR count). The van der Waals surface area contributed by atoms with E-state index in [0.717, 1.165) is 13.0 Å². The molecule has 0 spiro atoms. The maximum absolute atomic E-state index is 5.28. The molecule has 3 heterocycles. The summed E-state index contributed by atoms with van der Waals surface area (Å²) in [6, 6.07) is 0.172. The molecule has 0 aliphatic carbocycles. The second kappa shape index (κ2) is 4.62. The van der Waals surface area contributed by atoms with Crippen LogP contribution in [-0.4, -0.2) is 32.1 Å². The Hall–Kier alpha value is -1.76. The summed E-state index contributed by atoms with van der Waals surface area (Å²) in [4.78, 5) is 4.36. The Morgan fingerprint density at radius 2 is 2.29 bits per heavy atom. The third-order valence-corrected chi connectivity index (χ3v) is 2.94. The van der Waals surface area contributed by atoms with Gasteiger partial charge >= 0.3 is 0 Å². The van der Waals surface area contributed by atoms with Crippen molar-refractivity contribution in [3.8, 4) is 11.5 Å². The van der Waals surface area contributed by atoms with Gasteiger partial charge in [-0.1, -0.05) is 18.0 Å². The largest absolute Gasteiger partial charge is 0.337 e. The number of aromatic amines is 1. The van der Waals surface area contributed by atoms with Crippen LogP contribution < -0.4 is 5.32 Å². The summed E-state index contributed by atoms with van der Waals surface area (Å²) in [5, 5.41) is 17.5. The zero-order chi connectivity index (χ0) is 11.5. The van der Waals surface area contributed by atoms with Crippen molar-refractivity contribution in [3.05, 3.63) is 12.1 Å². The van der Waals surface area contributed by atoms with Gasteiger partial charge in [-0.3, -0.25) is 0 Å². The van der Waals surface area contributed by atoms with Crippen molar-refractivity contribution >= 4 is 0 Å². The first-order chi connectivity index (χ1) is 8.43. The first kappa shape index (κ1) is 10.4. The second-order valence-electron chi connectivity index (χ2n) is 4.17. The Morgan fingerprint density at radius 1 is 1.29 bits per heavy atom. The summed E-state index contributed by atoms with van der Waals surface area (Å²) >= 11 is 0. The van der Waals surface area contributed by atoms with E-state index < -0.39 is 0 Å². The predicted molar refractivity (Wildman–Crippen MR) is 58.9 cm³/mol.